The van der Waals surface area contributed by atoms with Crippen LogP contribution in [0.4, 0.5) is 15.3 Å². The second kappa shape index (κ2) is 12.9. The monoisotopic (exact) mass is 550 g/mol. The van der Waals surface area contributed by atoms with Crippen LogP contribution in [0.2, 0.25) is 25.7 Å². The van der Waals surface area contributed by atoms with E-state index in [2.05, 4.69) is 35.3 Å². The van der Waals surface area contributed by atoms with Crippen LogP contribution in [0.25, 0.3) is 11.0 Å². The van der Waals surface area contributed by atoms with Crippen LogP contribution in [0.5, 0.6) is 0 Å². The minimum absolute atomic E-state index is 0.237. The summed E-state index contributed by atoms with van der Waals surface area (Å²) < 4.78 is 24.6. The van der Waals surface area contributed by atoms with Crippen LogP contribution in [-0.4, -0.2) is 60.3 Å². The first-order chi connectivity index (χ1) is 17.4. The van der Waals surface area contributed by atoms with Crippen molar-refractivity contribution in [2.75, 3.05) is 18.5 Å². The highest BCUT2D eigenvalue weighted by Gasteiger charge is 2.20. The highest BCUT2D eigenvalue weighted by atomic mass is 28.3. The summed E-state index contributed by atoms with van der Waals surface area (Å²) >= 11 is 0. The van der Waals surface area contributed by atoms with Gasteiger partial charge in [0.15, 0.2) is 0 Å². The van der Waals surface area contributed by atoms with E-state index in [1.165, 1.54) is 0 Å². The molecule has 0 bridgehead atoms. The van der Waals surface area contributed by atoms with Crippen molar-refractivity contribution in [1.29, 1.82) is 0 Å². The fourth-order valence-electron chi connectivity index (χ4n) is 3.44. The summed E-state index contributed by atoms with van der Waals surface area (Å²) in [5, 5.41) is 5.57. The molecule has 2 amide bonds. The Labute approximate surface area is 227 Å². The zero-order valence-electron chi connectivity index (χ0n) is 24.7. The number of nitrogens with zero attached hydrogens (tertiary/aromatic N) is 2. The number of hydrogen-bond donors (Lipinski definition) is 2. The molecule has 0 saturated carbocycles. The Hall–Kier alpha value is -2.63. The van der Waals surface area contributed by atoms with E-state index in [0.717, 1.165) is 17.1 Å². The van der Waals surface area contributed by atoms with Crippen LogP contribution in [-0.2, 0) is 32.3 Å². The molecule has 38 heavy (non-hydrogen) atoms. The number of nitrogens with one attached hydrogen (secondary N) is 2. The lowest BCUT2D eigenvalue weighted by atomic mass is 10.1. The predicted octanol–water partition coefficient (Wildman–Crippen LogP) is 6.13. The maximum absolute atomic E-state index is 12.4. The molecule has 2 rings (SSSR count). The van der Waals surface area contributed by atoms with Crippen LogP contribution in [0.15, 0.2) is 18.5 Å². The van der Waals surface area contributed by atoms with Crippen molar-refractivity contribution in [2.45, 2.75) is 105 Å². The summed E-state index contributed by atoms with van der Waals surface area (Å²) in [6, 6.07) is 4.45. The van der Waals surface area contributed by atoms with E-state index in [-0.39, 0.29) is 19.3 Å². The molecule has 1 atom stereocenters. The number of amides is 2. The van der Waals surface area contributed by atoms with Gasteiger partial charge in [0, 0.05) is 25.9 Å². The molecule has 2 N–H and O–H groups in total. The van der Waals surface area contributed by atoms with E-state index in [9.17, 15) is 9.59 Å². The smallest absolute Gasteiger partial charge is 0.412 e. The Morgan fingerprint density at radius 2 is 1.63 bits per heavy atom. The fourth-order valence-corrected chi connectivity index (χ4v) is 4.19. The third-order valence-corrected chi connectivity index (χ3v) is 6.76. The summed E-state index contributed by atoms with van der Waals surface area (Å²) in [5.74, 6) is 0. The van der Waals surface area contributed by atoms with Gasteiger partial charge < -0.3 is 28.8 Å². The summed E-state index contributed by atoms with van der Waals surface area (Å²) in [6.45, 7) is 21.2. The lowest BCUT2D eigenvalue weighted by molar-refractivity contribution is 0.0441. The molecule has 0 fully saturated rings. The van der Waals surface area contributed by atoms with Gasteiger partial charge in [-0.3, -0.25) is 5.32 Å². The minimum Gasteiger partial charge on any atom is -0.444 e. The molecular formula is C27H46N4O6Si. The van der Waals surface area contributed by atoms with Gasteiger partial charge in [-0.15, -0.1) is 0 Å². The Kier molecular flexibility index (Phi) is 10.8. The number of carbonyl (C=O) groups excluding carboxylic acids is 2. The van der Waals surface area contributed by atoms with Crippen LogP contribution in [0.1, 0.15) is 54.0 Å². The lowest BCUT2D eigenvalue weighted by Gasteiger charge is -2.22. The molecule has 0 aliphatic carbocycles. The largest absolute Gasteiger partial charge is 0.444 e. The summed E-state index contributed by atoms with van der Waals surface area (Å²) in [4.78, 5) is 29.0. The number of imidazole rings is 1. The second-order valence-corrected chi connectivity index (χ2v) is 18.4. The molecule has 10 nitrogen and oxygen atoms in total. The Balaban J connectivity index is 2.17. The van der Waals surface area contributed by atoms with Crippen LogP contribution in [0.3, 0.4) is 0 Å². The molecular weight excluding hydrogens is 504 g/mol. The Morgan fingerprint density at radius 3 is 2.24 bits per heavy atom. The van der Waals surface area contributed by atoms with Gasteiger partial charge in [0.05, 0.1) is 36.6 Å². The van der Waals surface area contributed by atoms with Gasteiger partial charge in [-0.1, -0.05) is 19.6 Å². The van der Waals surface area contributed by atoms with Crippen molar-refractivity contribution >= 4 is 37.0 Å². The third-order valence-electron chi connectivity index (χ3n) is 5.05. The zero-order chi connectivity index (χ0) is 28.7. The van der Waals surface area contributed by atoms with E-state index < -0.39 is 31.5 Å². The summed E-state index contributed by atoms with van der Waals surface area (Å²) in [5.41, 5.74) is 1.74. The van der Waals surface area contributed by atoms with E-state index in [1.54, 1.807) is 12.4 Å². The van der Waals surface area contributed by atoms with Gasteiger partial charge in [0.1, 0.15) is 17.9 Å². The van der Waals surface area contributed by atoms with Gasteiger partial charge in [-0.05, 0) is 66.6 Å². The van der Waals surface area contributed by atoms with Crippen molar-refractivity contribution in [3.05, 3.63) is 24.0 Å². The third kappa shape index (κ3) is 11.8. The molecule has 0 aliphatic heterocycles. The molecule has 0 saturated heterocycles. The highest BCUT2D eigenvalue weighted by Crippen LogP contribution is 2.25. The molecule has 1 aromatic heterocycles. The minimum atomic E-state index is -1.20. The number of benzene rings is 1. The van der Waals surface area contributed by atoms with Gasteiger partial charge in [0.25, 0.3) is 0 Å². The number of rotatable bonds is 11. The second-order valence-electron chi connectivity index (χ2n) is 12.8. The number of ether oxygens (including phenoxy) is 4. The zero-order valence-corrected chi connectivity index (χ0v) is 25.7. The number of aromatic nitrogens is 2. The molecule has 214 valence electrons. The first-order valence-corrected chi connectivity index (χ1v) is 16.8. The first kappa shape index (κ1) is 31.6. The van der Waals surface area contributed by atoms with Crippen molar-refractivity contribution in [1.82, 2.24) is 14.9 Å². The van der Waals surface area contributed by atoms with Gasteiger partial charge in [-0.25, -0.2) is 14.6 Å². The Morgan fingerprint density at radius 1 is 1.00 bits per heavy atom. The van der Waals surface area contributed by atoms with Crippen molar-refractivity contribution in [3.63, 3.8) is 0 Å². The quantitative estimate of drug-likeness (QED) is 0.256. The molecule has 0 spiro atoms. The molecule has 0 aliphatic rings. The van der Waals surface area contributed by atoms with Gasteiger partial charge >= 0.3 is 12.2 Å². The van der Waals surface area contributed by atoms with E-state index >= 15 is 0 Å². The van der Waals surface area contributed by atoms with Crippen molar-refractivity contribution in [3.8, 4) is 0 Å². The Bertz CT molecular complexity index is 1080. The normalized spacial score (nSPS) is 13.3. The van der Waals surface area contributed by atoms with Gasteiger partial charge in [0.2, 0.25) is 0 Å². The molecule has 0 unspecified atom stereocenters. The summed E-state index contributed by atoms with van der Waals surface area (Å²) in [6.07, 6.45) is 0.688. The van der Waals surface area contributed by atoms with Crippen molar-refractivity contribution in [2.24, 2.45) is 0 Å². The average Bonchev–Trinajstić information content (AvgIpc) is 3.10. The number of alkyl carbamates (subject to hydrolysis) is 1. The SMILES string of the molecule is C[C@H](COCc1cc(NC(=O)OC(C)(C)C)cc2ncn(COCC[Si](C)(C)C)c12)NC(=O)OC(C)(C)C. The number of carbonyl (C=O) groups is 2. The number of fused-ring (bicyclic) bond motifs is 1. The maximum atomic E-state index is 12.4. The van der Waals surface area contributed by atoms with E-state index in [1.807, 2.05) is 59.1 Å². The predicted molar refractivity (Wildman–Crippen MR) is 152 cm³/mol. The van der Waals surface area contributed by atoms with Crippen LogP contribution >= 0.6 is 0 Å². The van der Waals surface area contributed by atoms with E-state index in [0.29, 0.717) is 24.5 Å². The van der Waals surface area contributed by atoms with Gasteiger partial charge in [-0.2, -0.15) is 0 Å². The first-order valence-electron chi connectivity index (χ1n) is 13.0. The van der Waals surface area contributed by atoms with Crippen molar-refractivity contribution < 1.29 is 28.5 Å². The fraction of sp³-hybridized carbons (Fsp3) is 0.667. The maximum Gasteiger partial charge on any atom is 0.412 e. The molecule has 1 heterocycles. The number of hydrogen-bond acceptors (Lipinski definition) is 7. The van der Waals surface area contributed by atoms with E-state index in [4.69, 9.17) is 18.9 Å². The standard InChI is InChI=1S/C27H46N4O6Si/c1-19(29-24(32)36-26(2,3)4)15-35-16-20-13-21(30-25(33)37-27(5,6)7)14-22-23(20)31(17-28-22)18-34-11-12-38(8,9)10/h13-14,17,19H,11-12,15-16,18H2,1-10H3,(H,29,32)(H,30,33)/t19-/m1/s1. The van der Waals surface area contributed by atoms with Crippen LogP contribution in [0, 0.1) is 0 Å². The average molecular weight is 551 g/mol. The molecule has 11 heteroatoms. The summed E-state index contributed by atoms with van der Waals surface area (Å²) in [7, 11) is -1.20. The number of anilines is 1. The topological polar surface area (TPSA) is 113 Å². The molecule has 2 aromatic rings. The van der Waals surface area contributed by atoms with Crippen LogP contribution < -0.4 is 10.6 Å². The highest BCUT2D eigenvalue weighted by molar-refractivity contribution is 6.76. The molecule has 1 aromatic carbocycles. The molecule has 0 radical (unpaired) electrons. The lowest BCUT2D eigenvalue weighted by Crippen LogP contribution is -2.39.